The molecule has 0 aromatic heterocycles. The molecule has 0 fully saturated rings. The van der Waals surface area contributed by atoms with E-state index in [0.29, 0.717) is 17.9 Å². The number of unbranched alkanes of at least 4 members (excludes halogenated alkanes) is 1. The van der Waals surface area contributed by atoms with E-state index in [0.717, 1.165) is 12.8 Å². The summed E-state index contributed by atoms with van der Waals surface area (Å²) in [6, 6.07) is 17.5. The van der Waals surface area contributed by atoms with Gasteiger partial charge in [-0.25, -0.2) is 9.09 Å². The van der Waals surface area contributed by atoms with Gasteiger partial charge < -0.3 is 9.05 Å². The Morgan fingerprint density at radius 2 is 1.43 bits per heavy atom. The van der Waals surface area contributed by atoms with Gasteiger partial charge >= 0.3 is 7.82 Å². The molecule has 0 aliphatic carbocycles. The minimum Gasteiger partial charge on any atom is -0.395 e. The van der Waals surface area contributed by atoms with Crippen LogP contribution in [0.5, 0.6) is 11.5 Å². The molecule has 0 aliphatic heterocycles. The Morgan fingerprint density at radius 1 is 0.957 bits per heavy atom. The highest BCUT2D eigenvalue weighted by Gasteiger charge is 2.34. The maximum Gasteiger partial charge on any atom is 0.589 e. The van der Waals surface area contributed by atoms with E-state index >= 15 is 0 Å². The second kappa shape index (κ2) is 8.97. The molecule has 1 unspecified atom stereocenters. The third-order valence-electron chi connectivity index (χ3n) is 2.95. The maximum absolute atomic E-state index is 13.0. The lowest BCUT2D eigenvalue weighted by atomic mass is 10.3. The number of para-hydroxylation sites is 2. The van der Waals surface area contributed by atoms with E-state index in [1.54, 1.807) is 48.5 Å². The van der Waals surface area contributed by atoms with Crippen molar-refractivity contribution in [2.75, 3.05) is 0 Å². The molecule has 0 heterocycles. The van der Waals surface area contributed by atoms with Gasteiger partial charge in [0.15, 0.2) is 0 Å². The van der Waals surface area contributed by atoms with E-state index in [2.05, 4.69) is 0 Å². The number of alkyl halides is 1. The second-order valence-corrected chi connectivity index (χ2v) is 6.87. The van der Waals surface area contributed by atoms with Gasteiger partial charge in [0, 0.05) is 0 Å². The molecule has 124 valence electrons. The molecular formula is C17H20ClO4P. The Kier molecular flexibility index (Phi) is 6.97. The zero-order chi connectivity index (χ0) is 16.5. The topological polar surface area (TPSA) is 44.8 Å². The fourth-order valence-corrected chi connectivity index (χ4v) is 3.56. The summed E-state index contributed by atoms with van der Waals surface area (Å²) < 4.78 is 29.4. The minimum absolute atomic E-state index is 0.395. The van der Waals surface area contributed by atoms with Crippen LogP contribution < -0.4 is 9.05 Å². The average molecular weight is 355 g/mol. The normalized spacial score (nSPS) is 12.6. The second-order valence-electron chi connectivity index (χ2n) is 4.91. The van der Waals surface area contributed by atoms with Crippen molar-refractivity contribution in [3.63, 3.8) is 0 Å². The highest BCUT2D eigenvalue weighted by molar-refractivity contribution is 7.49. The first-order valence-corrected chi connectivity index (χ1v) is 9.43. The third-order valence-corrected chi connectivity index (χ3v) is 4.76. The van der Waals surface area contributed by atoms with Crippen LogP contribution in [0.4, 0.5) is 0 Å². The molecule has 23 heavy (non-hydrogen) atoms. The Balaban J connectivity index is 2.14. The molecule has 0 radical (unpaired) electrons. The molecule has 0 aliphatic rings. The van der Waals surface area contributed by atoms with Gasteiger partial charge in [-0.15, -0.1) is 0 Å². The predicted molar refractivity (Wildman–Crippen MR) is 92.0 cm³/mol. The largest absolute Gasteiger partial charge is 0.589 e. The zero-order valence-electron chi connectivity index (χ0n) is 12.9. The summed E-state index contributed by atoms with van der Waals surface area (Å²) in [5.74, 6) is 0.789. The number of phosphoric ester groups is 1. The predicted octanol–water partition coefficient (Wildman–Crippen LogP) is 6.02. The summed E-state index contributed by atoms with van der Waals surface area (Å²) in [6.07, 6.45) is 2.40. The number of benzene rings is 2. The maximum atomic E-state index is 13.0. The fourth-order valence-electron chi connectivity index (χ4n) is 1.84. The standard InChI is InChI=1S/C17H20ClO4P/c1-2-3-14-17(18)22-23(19,20-15-10-6-4-7-11-15)21-16-12-8-5-9-13-16/h4-13,17H,2-3,14H2,1H3. The van der Waals surface area contributed by atoms with Gasteiger partial charge in [0.05, 0.1) is 0 Å². The van der Waals surface area contributed by atoms with Gasteiger partial charge in [-0.2, -0.15) is 0 Å². The van der Waals surface area contributed by atoms with Crippen LogP contribution in [-0.4, -0.2) is 5.56 Å². The van der Waals surface area contributed by atoms with Crippen LogP contribution in [0.3, 0.4) is 0 Å². The Hall–Kier alpha value is -1.48. The van der Waals surface area contributed by atoms with Crippen molar-refractivity contribution in [3.8, 4) is 11.5 Å². The lowest BCUT2D eigenvalue weighted by Gasteiger charge is -2.21. The van der Waals surface area contributed by atoms with Gasteiger partial charge in [-0.05, 0) is 37.1 Å². The number of rotatable bonds is 9. The van der Waals surface area contributed by atoms with E-state index in [-0.39, 0.29) is 0 Å². The van der Waals surface area contributed by atoms with Crippen molar-refractivity contribution in [2.45, 2.75) is 31.7 Å². The van der Waals surface area contributed by atoms with Crippen molar-refractivity contribution >= 4 is 19.4 Å². The Morgan fingerprint density at radius 3 is 1.87 bits per heavy atom. The minimum atomic E-state index is -3.89. The fraction of sp³-hybridized carbons (Fsp3) is 0.294. The molecule has 0 N–H and O–H groups in total. The van der Waals surface area contributed by atoms with E-state index in [1.807, 2.05) is 19.1 Å². The molecular weight excluding hydrogens is 335 g/mol. The highest BCUT2D eigenvalue weighted by atomic mass is 35.5. The van der Waals surface area contributed by atoms with E-state index in [4.69, 9.17) is 25.2 Å². The molecule has 2 rings (SSSR count). The third kappa shape index (κ3) is 6.26. The monoisotopic (exact) mass is 354 g/mol. The smallest absolute Gasteiger partial charge is 0.395 e. The molecule has 0 bridgehead atoms. The van der Waals surface area contributed by atoms with Crippen molar-refractivity contribution in [3.05, 3.63) is 60.7 Å². The van der Waals surface area contributed by atoms with Crippen LogP contribution in [0, 0.1) is 0 Å². The number of hydrogen-bond donors (Lipinski definition) is 0. The number of hydrogen-bond acceptors (Lipinski definition) is 4. The van der Waals surface area contributed by atoms with Crippen LogP contribution in [0.25, 0.3) is 0 Å². The first-order chi connectivity index (χ1) is 11.1. The van der Waals surface area contributed by atoms with Crippen LogP contribution in [0.2, 0.25) is 0 Å². The Labute approximate surface area is 142 Å². The van der Waals surface area contributed by atoms with Crippen LogP contribution in [0.1, 0.15) is 26.2 Å². The molecule has 1 atom stereocenters. The van der Waals surface area contributed by atoms with Gasteiger partial charge in [-0.1, -0.05) is 61.3 Å². The number of halogens is 1. The molecule has 0 spiro atoms. The van der Waals surface area contributed by atoms with E-state index < -0.39 is 13.4 Å². The summed E-state index contributed by atoms with van der Waals surface area (Å²) in [5.41, 5.74) is -0.742. The lowest BCUT2D eigenvalue weighted by molar-refractivity contribution is 0.183. The van der Waals surface area contributed by atoms with Crippen LogP contribution in [-0.2, 0) is 9.09 Å². The van der Waals surface area contributed by atoms with Crippen molar-refractivity contribution in [2.24, 2.45) is 0 Å². The highest BCUT2D eigenvalue weighted by Crippen LogP contribution is 2.51. The first kappa shape index (κ1) is 17.9. The van der Waals surface area contributed by atoms with Crippen molar-refractivity contribution in [1.29, 1.82) is 0 Å². The molecule has 2 aromatic rings. The quantitative estimate of drug-likeness (QED) is 0.407. The molecule has 4 nitrogen and oxygen atoms in total. The summed E-state index contributed by atoms with van der Waals surface area (Å²) in [7, 11) is -3.89. The molecule has 0 saturated heterocycles. The summed E-state index contributed by atoms with van der Waals surface area (Å²) in [4.78, 5) is 0. The van der Waals surface area contributed by atoms with Gasteiger partial charge in [0.2, 0.25) is 0 Å². The van der Waals surface area contributed by atoms with Crippen molar-refractivity contribution in [1.82, 2.24) is 0 Å². The summed E-state index contributed by atoms with van der Waals surface area (Å²) in [5, 5.41) is 0. The van der Waals surface area contributed by atoms with Crippen LogP contribution >= 0.6 is 19.4 Å². The zero-order valence-corrected chi connectivity index (χ0v) is 14.6. The molecule has 0 amide bonds. The van der Waals surface area contributed by atoms with Crippen molar-refractivity contribution < 1.29 is 18.1 Å². The van der Waals surface area contributed by atoms with Gasteiger partial charge in [-0.3, -0.25) is 0 Å². The number of phosphoric acid groups is 1. The molecule has 6 heteroatoms. The SMILES string of the molecule is CCCCC(Cl)OP(=O)(Oc1ccccc1)Oc1ccccc1. The van der Waals surface area contributed by atoms with E-state index in [1.165, 1.54) is 0 Å². The summed E-state index contributed by atoms with van der Waals surface area (Å²) >= 11 is 6.12. The lowest BCUT2D eigenvalue weighted by Crippen LogP contribution is -2.11. The molecule has 2 aromatic carbocycles. The van der Waals surface area contributed by atoms with Crippen LogP contribution in [0.15, 0.2) is 60.7 Å². The molecule has 0 saturated carbocycles. The average Bonchev–Trinajstić information content (AvgIpc) is 2.54. The first-order valence-electron chi connectivity index (χ1n) is 7.53. The summed E-state index contributed by atoms with van der Waals surface area (Å²) in [6.45, 7) is 2.05. The van der Waals surface area contributed by atoms with Gasteiger partial charge in [0.25, 0.3) is 0 Å². The van der Waals surface area contributed by atoms with Gasteiger partial charge in [0.1, 0.15) is 17.1 Å². The van der Waals surface area contributed by atoms with E-state index in [9.17, 15) is 4.57 Å². The Bertz CT molecular complexity index is 576.